The molecule has 6 nitrogen and oxygen atoms in total. The van der Waals surface area contributed by atoms with Gasteiger partial charge in [0.05, 0.1) is 17.2 Å². The second kappa shape index (κ2) is 6.95. The van der Waals surface area contributed by atoms with Crippen LogP contribution in [0.2, 0.25) is 0 Å². The first-order valence-electron chi connectivity index (χ1n) is 7.57. The number of nitrogens with one attached hydrogen (secondary N) is 1. The van der Waals surface area contributed by atoms with Gasteiger partial charge in [0.1, 0.15) is 0 Å². The van der Waals surface area contributed by atoms with Crippen LogP contribution in [0.5, 0.6) is 0 Å². The predicted molar refractivity (Wildman–Crippen MR) is 84.9 cm³/mol. The van der Waals surface area contributed by atoms with Gasteiger partial charge in [-0.05, 0) is 36.8 Å². The molecule has 0 saturated carbocycles. The Hall–Kier alpha value is -3.23. The maximum Gasteiger partial charge on any atom is 0.416 e. The van der Waals surface area contributed by atoms with E-state index in [9.17, 15) is 18.0 Å². The van der Waals surface area contributed by atoms with E-state index in [1.807, 2.05) is 0 Å². The molecule has 2 heterocycles. The van der Waals surface area contributed by atoms with E-state index in [0.29, 0.717) is 11.1 Å². The third kappa shape index (κ3) is 3.88. The van der Waals surface area contributed by atoms with E-state index in [1.165, 1.54) is 18.3 Å². The molecule has 0 radical (unpaired) electrons. The average Bonchev–Trinajstić information content (AvgIpc) is 3.12. The van der Waals surface area contributed by atoms with Gasteiger partial charge in [0.25, 0.3) is 17.6 Å². The first-order valence-corrected chi connectivity index (χ1v) is 7.57. The monoisotopic (exact) mass is 362 g/mol. The minimum Gasteiger partial charge on any atom is -0.343 e. The van der Waals surface area contributed by atoms with Crippen molar-refractivity contribution in [3.8, 4) is 11.5 Å². The van der Waals surface area contributed by atoms with Crippen molar-refractivity contribution in [1.82, 2.24) is 20.4 Å². The molecule has 1 aromatic carbocycles. The van der Waals surface area contributed by atoms with Gasteiger partial charge >= 0.3 is 6.18 Å². The highest BCUT2D eigenvalue weighted by molar-refractivity contribution is 5.90. The lowest BCUT2D eigenvalue weighted by atomic mass is 10.0. The summed E-state index contributed by atoms with van der Waals surface area (Å²) in [6.45, 7) is 1.56. The molecule has 1 atom stereocenters. The normalized spacial score (nSPS) is 12.6. The zero-order chi connectivity index (χ0) is 18.7. The highest BCUT2D eigenvalue weighted by Crippen LogP contribution is 2.30. The first-order chi connectivity index (χ1) is 12.3. The number of hydrogen-bond acceptors (Lipinski definition) is 5. The van der Waals surface area contributed by atoms with Gasteiger partial charge in [-0.15, -0.1) is 0 Å². The lowest BCUT2D eigenvalue weighted by Crippen LogP contribution is -2.27. The predicted octanol–water partition coefficient (Wildman–Crippen LogP) is 3.64. The van der Waals surface area contributed by atoms with E-state index in [2.05, 4.69) is 20.4 Å². The quantitative estimate of drug-likeness (QED) is 0.766. The number of halogens is 3. The summed E-state index contributed by atoms with van der Waals surface area (Å²) in [5, 5.41) is 6.14. The summed E-state index contributed by atoms with van der Waals surface area (Å²) in [7, 11) is 0. The van der Waals surface area contributed by atoms with Crippen LogP contribution < -0.4 is 5.32 Å². The third-order valence-corrected chi connectivity index (χ3v) is 3.60. The van der Waals surface area contributed by atoms with E-state index in [0.717, 1.165) is 12.1 Å². The fourth-order valence-corrected chi connectivity index (χ4v) is 2.25. The van der Waals surface area contributed by atoms with Crippen molar-refractivity contribution in [1.29, 1.82) is 0 Å². The van der Waals surface area contributed by atoms with Crippen LogP contribution in [0.3, 0.4) is 0 Å². The van der Waals surface area contributed by atoms with Crippen LogP contribution in [-0.2, 0) is 6.18 Å². The van der Waals surface area contributed by atoms with Crippen molar-refractivity contribution in [2.75, 3.05) is 0 Å². The number of carbonyl (C=O) groups is 1. The highest BCUT2D eigenvalue weighted by atomic mass is 19.4. The third-order valence-electron chi connectivity index (χ3n) is 3.60. The number of alkyl halides is 3. The van der Waals surface area contributed by atoms with Crippen molar-refractivity contribution in [2.45, 2.75) is 19.1 Å². The summed E-state index contributed by atoms with van der Waals surface area (Å²) in [5.41, 5.74) is 0.0728. The number of amides is 1. The summed E-state index contributed by atoms with van der Waals surface area (Å²) in [6, 6.07) is 7.43. The number of rotatable bonds is 4. The molecule has 3 rings (SSSR count). The number of carbonyl (C=O) groups excluding carboxylic acids is 1. The van der Waals surface area contributed by atoms with Gasteiger partial charge in [-0.25, -0.2) is 0 Å². The molecule has 0 aliphatic carbocycles. The van der Waals surface area contributed by atoms with Gasteiger partial charge in [0.2, 0.25) is 0 Å². The van der Waals surface area contributed by atoms with Crippen LogP contribution in [0.1, 0.15) is 34.7 Å². The molecular weight excluding hydrogens is 349 g/mol. The first kappa shape index (κ1) is 17.6. The lowest BCUT2D eigenvalue weighted by molar-refractivity contribution is -0.137. The number of pyridine rings is 1. The topological polar surface area (TPSA) is 80.9 Å². The molecule has 1 N–H and O–H groups in total. The van der Waals surface area contributed by atoms with Crippen molar-refractivity contribution in [2.24, 2.45) is 0 Å². The molecule has 2 aromatic heterocycles. The Morgan fingerprint density at radius 1 is 1.23 bits per heavy atom. The van der Waals surface area contributed by atoms with Gasteiger partial charge in [-0.2, -0.15) is 18.2 Å². The molecule has 26 heavy (non-hydrogen) atoms. The number of aromatic nitrogens is 3. The van der Waals surface area contributed by atoms with Crippen molar-refractivity contribution in [3.63, 3.8) is 0 Å². The molecular formula is C17H13F3N4O2. The van der Waals surface area contributed by atoms with Gasteiger partial charge in [0.15, 0.2) is 0 Å². The molecule has 0 aliphatic heterocycles. The van der Waals surface area contributed by atoms with E-state index in [-0.39, 0.29) is 11.7 Å². The van der Waals surface area contributed by atoms with E-state index in [1.54, 1.807) is 25.3 Å². The minimum absolute atomic E-state index is 0.120. The van der Waals surface area contributed by atoms with Crippen LogP contribution in [0.15, 0.2) is 53.3 Å². The molecule has 0 fully saturated rings. The van der Waals surface area contributed by atoms with Gasteiger partial charge in [-0.1, -0.05) is 17.3 Å². The maximum absolute atomic E-state index is 12.8. The van der Waals surface area contributed by atoms with Crippen molar-refractivity contribution < 1.29 is 22.5 Å². The molecule has 1 amide bonds. The molecule has 134 valence electrons. The maximum atomic E-state index is 12.8. The summed E-state index contributed by atoms with van der Waals surface area (Å²) in [6.07, 6.45) is -1.38. The second-order valence-electron chi connectivity index (χ2n) is 5.48. The number of hydrogen-bond donors (Lipinski definition) is 1. The van der Waals surface area contributed by atoms with Crippen LogP contribution in [0.25, 0.3) is 11.5 Å². The number of benzene rings is 1. The molecule has 0 spiro atoms. The van der Waals surface area contributed by atoms with Crippen molar-refractivity contribution in [3.05, 3.63) is 65.7 Å². The Labute approximate surface area is 146 Å². The molecule has 0 bridgehead atoms. The Morgan fingerprint density at radius 3 is 2.73 bits per heavy atom. The molecule has 0 unspecified atom stereocenters. The molecule has 3 aromatic rings. The Kier molecular flexibility index (Phi) is 4.70. The van der Waals surface area contributed by atoms with Crippen LogP contribution >= 0.6 is 0 Å². The van der Waals surface area contributed by atoms with Gasteiger partial charge in [0, 0.05) is 12.4 Å². The summed E-state index contributed by atoms with van der Waals surface area (Å²) >= 11 is 0. The van der Waals surface area contributed by atoms with Crippen molar-refractivity contribution >= 4 is 5.91 Å². The molecule has 0 saturated heterocycles. The number of nitrogens with zero attached hydrogens (tertiary/aromatic N) is 3. The summed E-state index contributed by atoms with van der Waals surface area (Å²) in [5.74, 6) is -0.758. The van der Waals surface area contributed by atoms with Crippen LogP contribution in [0.4, 0.5) is 13.2 Å². The second-order valence-corrected chi connectivity index (χ2v) is 5.48. The van der Waals surface area contributed by atoms with E-state index < -0.39 is 23.7 Å². The van der Waals surface area contributed by atoms with Crippen LogP contribution in [-0.4, -0.2) is 21.0 Å². The minimum atomic E-state index is -4.45. The Balaban J connectivity index is 1.73. The Bertz CT molecular complexity index is 910. The molecule has 0 aliphatic rings. The Morgan fingerprint density at radius 2 is 2.04 bits per heavy atom. The zero-order valence-electron chi connectivity index (χ0n) is 13.5. The standard InChI is InChI=1S/C17H13F3N4O2/c1-10(11-4-2-6-13(8-11)17(18,19)20)22-15(25)14-23-16(26-24-14)12-5-3-7-21-9-12/h2-10H,1H3,(H,22,25)/t10-/m1/s1. The summed E-state index contributed by atoms with van der Waals surface area (Å²) < 4.78 is 43.4. The molecule has 9 heteroatoms. The summed E-state index contributed by atoms with van der Waals surface area (Å²) in [4.78, 5) is 20.1. The lowest BCUT2D eigenvalue weighted by Gasteiger charge is -2.15. The van der Waals surface area contributed by atoms with E-state index >= 15 is 0 Å². The van der Waals surface area contributed by atoms with Gasteiger partial charge < -0.3 is 9.84 Å². The largest absolute Gasteiger partial charge is 0.416 e. The smallest absolute Gasteiger partial charge is 0.343 e. The fourth-order valence-electron chi connectivity index (χ4n) is 2.25. The average molecular weight is 362 g/mol. The van der Waals surface area contributed by atoms with Crippen LogP contribution in [0, 0.1) is 0 Å². The SMILES string of the molecule is C[C@@H](NC(=O)c1noc(-c2cccnc2)n1)c1cccc(C(F)(F)F)c1. The van der Waals surface area contributed by atoms with E-state index in [4.69, 9.17) is 4.52 Å². The van der Waals surface area contributed by atoms with Gasteiger partial charge in [-0.3, -0.25) is 9.78 Å². The highest BCUT2D eigenvalue weighted by Gasteiger charge is 2.31. The zero-order valence-corrected chi connectivity index (χ0v) is 13.5. The fraction of sp³-hybridized carbons (Fsp3) is 0.176.